The van der Waals surface area contributed by atoms with Crippen LogP contribution in [0.3, 0.4) is 0 Å². The second kappa shape index (κ2) is 18.1. The van der Waals surface area contributed by atoms with Crippen molar-refractivity contribution in [2.24, 2.45) is 11.3 Å². The second-order valence-electron chi connectivity index (χ2n) is 16.9. The maximum absolute atomic E-state index is 13.9. The molecule has 5 N–H and O–H groups in total. The monoisotopic (exact) mass is 869 g/mol. The Hall–Kier alpha value is -5.16. The Morgan fingerprint density at radius 3 is 2.54 bits per heavy atom. The van der Waals surface area contributed by atoms with E-state index in [9.17, 15) is 23.6 Å². The molecule has 61 heavy (non-hydrogen) atoms. The molecule has 0 atom stereocenters. The van der Waals surface area contributed by atoms with Crippen LogP contribution in [0.1, 0.15) is 61.9 Å². The van der Waals surface area contributed by atoms with Crippen LogP contribution in [0.25, 0.3) is 16.6 Å². The average Bonchev–Trinajstić information content (AvgIpc) is 3.72. The summed E-state index contributed by atoms with van der Waals surface area (Å²) >= 11 is 6.24. The lowest BCUT2D eigenvalue weighted by Gasteiger charge is -2.39. The minimum atomic E-state index is -4.50. The van der Waals surface area contributed by atoms with Crippen LogP contribution in [-0.4, -0.2) is 92.1 Å². The summed E-state index contributed by atoms with van der Waals surface area (Å²) in [5.41, 5.74) is 5.97. The van der Waals surface area contributed by atoms with Crippen LogP contribution in [0.15, 0.2) is 95.7 Å². The molecule has 0 bridgehead atoms. The highest BCUT2D eigenvalue weighted by atomic mass is 35.5. The first-order chi connectivity index (χ1) is 29.3. The Morgan fingerprint density at radius 1 is 1.02 bits per heavy atom. The lowest BCUT2D eigenvalue weighted by Crippen LogP contribution is -2.47. The van der Waals surface area contributed by atoms with Gasteiger partial charge in [-0.25, -0.2) is 18.1 Å². The number of anilines is 3. The molecule has 14 nitrogen and oxygen atoms in total. The number of fused-ring (bicyclic) bond motifs is 1. The highest BCUT2D eigenvalue weighted by Gasteiger charge is 2.30. The van der Waals surface area contributed by atoms with Crippen LogP contribution in [-0.2, 0) is 14.8 Å². The molecule has 322 valence electrons. The molecule has 5 aromatic rings. The molecule has 2 aliphatic heterocycles. The summed E-state index contributed by atoms with van der Waals surface area (Å²) in [6, 6.07) is 20.8. The van der Waals surface area contributed by atoms with Crippen molar-refractivity contribution in [3.8, 4) is 11.5 Å². The number of allylic oxidation sites excluding steroid dienone is 1. The first-order valence-electron chi connectivity index (χ1n) is 20.7. The van der Waals surface area contributed by atoms with E-state index in [4.69, 9.17) is 21.1 Å². The number of pyridine rings is 1. The normalized spacial score (nSPS) is 17.7. The summed E-state index contributed by atoms with van der Waals surface area (Å²) < 4.78 is 41.3. The number of aromatic amines is 1. The molecule has 0 saturated carbocycles. The fourth-order valence-electron chi connectivity index (χ4n) is 8.41. The standard InChI is InChI=1S/C45H52ClN7O7S/c1-45(2)15-11-33(39(26-45)31-3-5-34(46)6-4-31)29-51-17-19-52(20-18-51)35-7-9-38(42(24-35)60-36-23-32-12-16-47-43(32)49-28-36)44(54)50-61(57,58)37-8-10-40(41(25-37)53(55)56)48-27-30-13-21-59-22-14-30/h3-10,12,16,23-25,28,30,48,55-56H,11,13-15,17-22,26-27,29H2,1-2H3,(H,47,49)(H,50,54). The molecule has 8 rings (SSSR count). The molecule has 2 aromatic heterocycles. The maximum atomic E-state index is 13.9. The molecule has 16 heteroatoms. The largest absolute Gasteiger partial charge is 0.455 e. The molecule has 0 unspecified atom stereocenters. The smallest absolute Gasteiger partial charge is 0.268 e. The molecule has 0 radical (unpaired) electrons. The van der Waals surface area contributed by atoms with E-state index >= 15 is 0 Å². The predicted molar refractivity (Wildman–Crippen MR) is 236 cm³/mol. The van der Waals surface area contributed by atoms with Gasteiger partial charge in [0.1, 0.15) is 22.8 Å². The maximum Gasteiger partial charge on any atom is 0.268 e. The van der Waals surface area contributed by atoms with E-state index in [1.165, 1.54) is 35.0 Å². The molecule has 2 fully saturated rings. The molecule has 4 heterocycles. The zero-order valence-corrected chi connectivity index (χ0v) is 35.9. The summed E-state index contributed by atoms with van der Waals surface area (Å²) in [5.74, 6) is -0.0890. The van der Waals surface area contributed by atoms with Gasteiger partial charge in [0.15, 0.2) is 0 Å². The van der Waals surface area contributed by atoms with E-state index in [-0.39, 0.29) is 32.5 Å². The Labute approximate surface area is 361 Å². The van der Waals surface area contributed by atoms with Gasteiger partial charge in [-0.15, -0.1) is 5.23 Å². The third-order valence-corrected chi connectivity index (χ3v) is 13.6. The molecule has 1 amide bonds. The number of ether oxygens (including phenoxy) is 2. The number of nitrogens with one attached hydrogen (secondary N) is 3. The minimum absolute atomic E-state index is 0.0112. The zero-order valence-electron chi connectivity index (χ0n) is 34.4. The van der Waals surface area contributed by atoms with Gasteiger partial charge in [0.05, 0.1) is 22.3 Å². The molecule has 3 aliphatic rings. The van der Waals surface area contributed by atoms with Crippen LogP contribution in [0.5, 0.6) is 11.5 Å². The van der Waals surface area contributed by atoms with Crippen LogP contribution in [0.4, 0.5) is 17.1 Å². The Kier molecular flexibility index (Phi) is 12.6. The molecular weight excluding hydrogens is 818 g/mol. The summed E-state index contributed by atoms with van der Waals surface area (Å²) in [4.78, 5) is 25.8. The summed E-state index contributed by atoms with van der Waals surface area (Å²) in [7, 11) is -4.50. The number of piperazine rings is 1. The topological polar surface area (TPSA) is 173 Å². The number of carbonyl (C=O) groups is 1. The van der Waals surface area contributed by atoms with Crippen molar-refractivity contribution in [1.82, 2.24) is 19.6 Å². The third kappa shape index (κ3) is 10.1. The zero-order chi connectivity index (χ0) is 42.7. The molecule has 0 spiro atoms. The van der Waals surface area contributed by atoms with Crippen molar-refractivity contribution in [3.63, 3.8) is 0 Å². The van der Waals surface area contributed by atoms with Gasteiger partial charge in [-0.05, 0) is 109 Å². The van der Waals surface area contributed by atoms with Gasteiger partial charge in [0.25, 0.3) is 15.9 Å². The van der Waals surface area contributed by atoms with Crippen molar-refractivity contribution in [3.05, 3.63) is 107 Å². The fraction of sp³-hybridized carbons (Fsp3) is 0.378. The highest BCUT2D eigenvalue weighted by molar-refractivity contribution is 7.90. The lowest BCUT2D eigenvalue weighted by molar-refractivity contribution is 0.0294. The van der Waals surface area contributed by atoms with Crippen molar-refractivity contribution < 1.29 is 33.1 Å². The van der Waals surface area contributed by atoms with Gasteiger partial charge in [0.2, 0.25) is 0 Å². The van der Waals surface area contributed by atoms with Crippen LogP contribution < -0.4 is 24.9 Å². The SMILES string of the molecule is CC1(C)CCC(CN2CCN(c3ccc(C(=O)NS(=O)(=O)c4ccc(NCC5CCOCC5)c(N(O)O)c4)c(Oc4cnc5[nH]ccc5c4)c3)CC2)=C(c2ccc(Cl)cc2)C1. The van der Waals surface area contributed by atoms with E-state index in [1.807, 2.05) is 18.2 Å². The van der Waals surface area contributed by atoms with Crippen molar-refractivity contribution in [2.45, 2.75) is 50.8 Å². The number of nitrogens with zero attached hydrogens (tertiary/aromatic N) is 4. The van der Waals surface area contributed by atoms with Crippen LogP contribution in [0.2, 0.25) is 5.02 Å². The van der Waals surface area contributed by atoms with E-state index in [0.29, 0.717) is 42.8 Å². The van der Waals surface area contributed by atoms with Gasteiger partial charge in [-0.1, -0.05) is 43.2 Å². The average molecular weight is 870 g/mol. The van der Waals surface area contributed by atoms with Crippen LogP contribution in [0, 0.1) is 11.3 Å². The van der Waals surface area contributed by atoms with Gasteiger partial charge in [-0.3, -0.25) is 20.1 Å². The quantitative estimate of drug-likeness (QED) is 0.0718. The first-order valence-corrected chi connectivity index (χ1v) is 22.6. The number of carbonyl (C=O) groups excluding carboxylic acids is 1. The number of sulfonamides is 1. The van der Waals surface area contributed by atoms with E-state index < -0.39 is 15.9 Å². The van der Waals surface area contributed by atoms with Crippen molar-refractivity contribution in [1.29, 1.82) is 0 Å². The number of hydrogen-bond donors (Lipinski definition) is 5. The second-order valence-corrected chi connectivity index (χ2v) is 19.0. The number of amides is 1. The van der Waals surface area contributed by atoms with Gasteiger partial charge >= 0.3 is 0 Å². The van der Waals surface area contributed by atoms with E-state index in [2.05, 4.69) is 55.8 Å². The molecular formula is C45H52ClN7O7S. The highest BCUT2D eigenvalue weighted by Crippen LogP contribution is 2.43. The molecule has 2 saturated heterocycles. The molecule has 1 aliphatic carbocycles. The number of rotatable bonds is 13. The first kappa shape index (κ1) is 42.5. The molecule has 3 aromatic carbocycles. The third-order valence-electron chi connectivity index (χ3n) is 12.0. The van der Waals surface area contributed by atoms with Crippen molar-refractivity contribution in [2.75, 3.05) is 67.9 Å². The van der Waals surface area contributed by atoms with Crippen molar-refractivity contribution >= 4 is 61.2 Å². The summed E-state index contributed by atoms with van der Waals surface area (Å²) in [6.45, 7) is 10.5. The minimum Gasteiger partial charge on any atom is -0.455 e. The van der Waals surface area contributed by atoms with Crippen LogP contribution >= 0.6 is 11.6 Å². The predicted octanol–water partition coefficient (Wildman–Crippen LogP) is 8.34. The fourth-order valence-corrected chi connectivity index (χ4v) is 9.53. The van der Waals surface area contributed by atoms with Gasteiger partial charge in [-0.2, -0.15) is 0 Å². The summed E-state index contributed by atoms with van der Waals surface area (Å²) in [6.07, 6.45) is 8.23. The van der Waals surface area contributed by atoms with E-state index in [1.54, 1.807) is 30.5 Å². The number of benzene rings is 3. The lowest BCUT2D eigenvalue weighted by atomic mass is 9.72. The Morgan fingerprint density at radius 2 is 1.79 bits per heavy atom. The van der Waals surface area contributed by atoms with Gasteiger partial charge in [0, 0.05) is 80.8 Å². The Bertz CT molecular complexity index is 2510. The van der Waals surface area contributed by atoms with Gasteiger partial charge < -0.3 is 24.7 Å². The Balaban J connectivity index is 1.00. The summed E-state index contributed by atoms with van der Waals surface area (Å²) in [5, 5.41) is 24.6. The van der Waals surface area contributed by atoms with E-state index in [0.717, 1.165) is 87.0 Å². The number of halogens is 1. The number of H-pyrrole nitrogens is 1. The number of aromatic nitrogens is 2. The number of hydrogen-bond acceptors (Lipinski definition) is 12.